The molecule has 6 heteroatoms. The summed E-state index contributed by atoms with van der Waals surface area (Å²) in [6, 6.07) is 14.6. The quantitative estimate of drug-likeness (QED) is 0.689. The molecule has 124 valence electrons. The minimum absolute atomic E-state index is 0.150. The van der Waals surface area contributed by atoms with Crippen molar-refractivity contribution in [3.8, 4) is 5.75 Å². The molecule has 0 radical (unpaired) electrons. The van der Waals surface area contributed by atoms with Crippen molar-refractivity contribution < 1.29 is 8.95 Å². The van der Waals surface area contributed by atoms with Crippen LogP contribution in [0.3, 0.4) is 0 Å². The number of benzene rings is 1. The van der Waals surface area contributed by atoms with Gasteiger partial charge < -0.3 is 4.74 Å². The Morgan fingerprint density at radius 3 is 2.71 bits per heavy atom. The van der Waals surface area contributed by atoms with Gasteiger partial charge in [0.05, 0.1) is 18.6 Å². The number of ether oxygens (including phenoxy) is 1. The van der Waals surface area contributed by atoms with Crippen molar-refractivity contribution in [2.75, 3.05) is 12.9 Å². The number of pyridine rings is 1. The lowest BCUT2D eigenvalue weighted by Crippen LogP contribution is -2.16. The van der Waals surface area contributed by atoms with Crippen LogP contribution in [0.4, 0.5) is 0 Å². The molecule has 0 aliphatic heterocycles. The second kappa shape index (κ2) is 7.40. The van der Waals surface area contributed by atoms with Crippen LogP contribution in [0.25, 0.3) is 5.65 Å². The molecule has 1 aromatic carbocycles. The van der Waals surface area contributed by atoms with Crippen molar-refractivity contribution in [1.82, 2.24) is 9.38 Å². The Balaban J connectivity index is 1.65. The normalized spacial score (nSPS) is 12.2. The number of nitrogens with zero attached hydrogens (tertiary/aromatic N) is 2. The van der Waals surface area contributed by atoms with Gasteiger partial charge in [-0.05, 0) is 36.2 Å². The van der Waals surface area contributed by atoms with Gasteiger partial charge in [0.2, 0.25) is 0 Å². The van der Waals surface area contributed by atoms with Crippen molar-refractivity contribution in [3.05, 3.63) is 76.3 Å². The summed E-state index contributed by atoms with van der Waals surface area (Å²) in [5, 5.41) is 0. The van der Waals surface area contributed by atoms with E-state index in [1.807, 2.05) is 30.3 Å². The molecule has 1 unspecified atom stereocenters. The van der Waals surface area contributed by atoms with Crippen molar-refractivity contribution in [3.63, 3.8) is 0 Å². The third kappa shape index (κ3) is 3.89. The van der Waals surface area contributed by atoms with Crippen molar-refractivity contribution in [1.29, 1.82) is 0 Å². The minimum atomic E-state index is -1.07. The Bertz CT molecular complexity index is 919. The van der Waals surface area contributed by atoms with Gasteiger partial charge in [-0.15, -0.1) is 0 Å². The highest BCUT2D eigenvalue weighted by molar-refractivity contribution is 7.84. The van der Waals surface area contributed by atoms with Crippen LogP contribution < -0.4 is 10.3 Å². The van der Waals surface area contributed by atoms with E-state index in [1.54, 1.807) is 25.4 Å². The van der Waals surface area contributed by atoms with E-state index in [0.29, 0.717) is 23.5 Å². The van der Waals surface area contributed by atoms with E-state index in [1.165, 1.54) is 10.5 Å². The van der Waals surface area contributed by atoms with E-state index in [-0.39, 0.29) is 11.3 Å². The number of hydrogen-bond donors (Lipinski definition) is 0. The molecule has 0 N–H and O–H groups in total. The molecule has 2 heterocycles. The van der Waals surface area contributed by atoms with Gasteiger partial charge in [0.25, 0.3) is 5.56 Å². The lowest BCUT2D eigenvalue weighted by atomic mass is 10.2. The first-order valence-corrected chi connectivity index (χ1v) is 9.10. The highest BCUT2D eigenvalue weighted by atomic mass is 32.2. The van der Waals surface area contributed by atoms with Gasteiger partial charge in [-0.1, -0.05) is 18.2 Å². The first kappa shape index (κ1) is 16.4. The third-order valence-corrected chi connectivity index (χ3v) is 4.99. The zero-order valence-electron chi connectivity index (χ0n) is 13.3. The standard InChI is InChI=1S/C18H18N2O3S/c1-23-16-7-5-14(6-8-16)9-11-24(22)13-15-12-18(21)20-10-3-2-4-17(20)19-15/h2-8,10,12H,9,11,13H2,1H3. The number of methoxy groups -OCH3 is 1. The highest BCUT2D eigenvalue weighted by Gasteiger charge is 2.07. The van der Waals surface area contributed by atoms with E-state index < -0.39 is 10.8 Å². The van der Waals surface area contributed by atoms with Gasteiger partial charge in [0.1, 0.15) is 11.4 Å². The van der Waals surface area contributed by atoms with Crippen LogP contribution in [0.5, 0.6) is 5.75 Å². The molecule has 3 rings (SSSR count). The molecule has 2 aromatic heterocycles. The predicted octanol–water partition coefficient (Wildman–Crippen LogP) is 2.19. The van der Waals surface area contributed by atoms with Gasteiger partial charge in [-0.2, -0.15) is 0 Å². The molecule has 0 saturated heterocycles. The predicted molar refractivity (Wildman–Crippen MR) is 94.9 cm³/mol. The molecule has 0 saturated carbocycles. The monoisotopic (exact) mass is 342 g/mol. The number of aromatic nitrogens is 2. The van der Waals surface area contributed by atoms with Crippen LogP contribution >= 0.6 is 0 Å². The van der Waals surface area contributed by atoms with Gasteiger partial charge in [0.15, 0.2) is 0 Å². The molecule has 24 heavy (non-hydrogen) atoms. The largest absolute Gasteiger partial charge is 0.497 e. The molecule has 5 nitrogen and oxygen atoms in total. The van der Waals surface area contributed by atoms with E-state index in [0.717, 1.165) is 11.3 Å². The van der Waals surface area contributed by atoms with Crippen LogP contribution in [0.15, 0.2) is 59.5 Å². The van der Waals surface area contributed by atoms with Crippen LogP contribution in [-0.4, -0.2) is 26.5 Å². The van der Waals surface area contributed by atoms with E-state index in [2.05, 4.69) is 4.98 Å². The topological polar surface area (TPSA) is 60.7 Å². The molecule has 0 aliphatic rings. The van der Waals surface area contributed by atoms with Crippen LogP contribution in [0, 0.1) is 0 Å². The van der Waals surface area contributed by atoms with Crippen LogP contribution in [0.2, 0.25) is 0 Å². The average Bonchev–Trinajstić information content (AvgIpc) is 2.60. The summed E-state index contributed by atoms with van der Waals surface area (Å²) in [6.07, 6.45) is 2.39. The Kier molecular flexibility index (Phi) is 5.05. The zero-order chi connectivity index (χ0) is 16.9. The third-order valence-electron chi connectivity index (χ3n) is 3.71. The fraction of sp³-hybridized carbons (Fsp3) is 0.222. The van der Waals surface area contributed by atoms with Crippen molar-refractivity contribution in [2.24, 2.45) is 0 Å². The van der Waals surface area contributed by atoms with E-state index in [9.17, 15) is 9.00 Å². The van der Waals surface area contributed by atoms with Crippen molar-refractivity contribution >= 4 is 16.4 Å². The molecule has 0 spiro atoms. The summed E-state index contributed by atoms with van der Waals surface area (Å²) >= 11 is 0. The number of aryl methyl sites for hydroxylation is 1. The minimum Gasteiger partial charge on any atom is -0.497 e. The second-order valence-corrected chi connectivity index (χ2v) is 6.98. The summed E-state index contributed by atoms with van der Waals surface area (Å²) in [6.45, 7) is 0. The molecule has 3 aromatic rings. The summed E-state index contributed by atoms with van der Waals surface area (Å²) in [4.78, 5) is 16.4. The molecule has 0 fully saturated rings. The van der Waals surface area contributed by atoms with Gasteiger partial charge in [-0.25, -0.2) is 4.98 Å². The molecule has 0 bridgehead atoms. The molecular formula is C18H18N2O3S. The van der Waals surface area contributed by atoms with Crippen LogP contribution in [0.1, 0.15) is 11.3 Å². The van der Waals surface area contributed by atoms with Gasteiger partial charge in [-0.3, -0.25) is 13.4 Å². The summed E-state index contributed by atoms with van der Waals surface area (Å²) in [5.74, 6) is 1.62. The Morgan fingerprint density at radius 1 is 1.17 bits per heavy atom. The molecule has 0 amide bonds. The summed E-state index contributed by atoms with van der Waals surface area (Å²) in [5.41, 5.74) is 2.10. The van der Waals surface area contributed by atoms with Gasteiger partial charge in [0, 0.05) is 28.8 Å². The van der Waals surface area contributed by atoms with Crippen molar-refractivity contribution in [2.45, 2.75) is 12.2 Å². The fourth-order valence-corrected chi connectivity index (χ4v) is 3.52. The maximum atomic E-state index is 12.3. The lowest BCUT2D eigenvalue weighted by Gasteiger charge is -2.05. The Labute approximate surface area is 142 Å². The number of rotatable bonds is 6. The van der Waals surface area contributed by atoms with Crippen LogP contribution in [-0.2, 0) is 23.0 Å². The Hall–Kier alpha value is -2.47. The fourth-order valence-electron chi connectivity index (χ4n) is 2.44. The first-order chi connectivity index (χ1) is 11.7. The molecule has 0 aliphatic carbocycles. The van der Waals surface area contributed by atoms with E-state index in [4.69, 9.17) is 4.74 Å². The molecular weight excluding hydrogens is 324 g/mol. The van der Waals surface area contributed by atoms with E-state index >= 15 is 0 Å². The highest BCUT2D eigenvalue weighted by Crippen LogP contribution is 2.12. The summed E-state index contributed by atoms with van der Waals surface area (Å²) in [7, 11) is 0.556. The number of fused-ring (bicyclic) bond motifs is 1. The smallest absolute Gasteiger partial charge is 0.258 e. The molecule has 1 atom stereocenters. The maximum absolute atomic E-state index is 12.3. The zero-order valence-corrected chi connectivity index (χ0v) is 14.2. The SMILES string of the molecule is COc1ccc(CCS(=O)Cc2cc(=O)n3ccccc3n2)cc1. The Morgan fingerprint density at radius 2 is 1.96 bits per heavy atom. The summed E-state index contributed by atoms with van der Waals surface area (Å²) < 4.78 is 18.9. The maximum Gasteiger partial charge on any atom is 0.258 e. The van der Waals surface area contributed by atoms with Gasteiger partial charge >= 0.3 is 0 Å². The first-order valence-electron chi connectivity index (χ1n) is 7.61. The average molecular weight is 342 g/mol. The second-order valence-electron chi connectivity index (χ2n) is 5.40. The lowest BCUT2D eigenvalue weighted by molar-refractivity contribution is 0.414. The number of hydrogen-bond acceptors (Lipinski definition) is 4.